The Bertz CT molecular complexity index is 346. The second-order valence-electron chi connectivity index (χ2n) is 7.21. The molecule has 2 aliphatic rings. The minimum atomic E-state index is 0. The van der Waals surface area contributed by atoms with E-state index in [0.29, 0.717) is 0 Å². The molecule has 5 heteroatoms. The van der Waals surface area contributed by atoms with Gasteiger partial charge < -0.3 is 15.1 Å². The summed E-state index contributed by atoms with van der Waals surface area (Å²) < 4.78 is 0. The Balaban J connectivity index is 0.00000242. The highest BCUT2D eigenvalue weighted by molar-refractivity contribution is 14.0. The monoisotopic (exact) mass is 422 g/mol. The lowest BCUT2D eigenvalue weighted by Crippen LogP contribution is -2.42. The third-order valence-electron chi connectivity index (χ3n) is 4.97. The zero-order chi connectivity index (χ0) is 15.2. The lowest BCUT2D eigenvalue weighted by molar-refractivity contribution is 0.340. The Kier molecular flexibility index (Phi) is 9.05. The third-order valence-corrected chi connectivity index (χ3v) is 4.97. The molecule has 2 saturated heterocycles. The predicted octanol–water partition coefficient (Wildman–Crippen LogP) is 2.89. The Labute approximate surface area is 154 Å². The first-order chi connectivity index (χ1) is 10.1. The van der Waals surface area contributed by atoms with Crippen molar-refractivity contribution in [1.29, 1.82) is 0 Å². The number of nitrogens with zero attached hydrogens (tertiary/aromatic N) is 3. The average molecular weight is 422 g/mol. The van der Waals surface area contributed by atoms with Crippen LogP contribution in [0.15, 0.2) is 4.99 Å². The molecule has 1 N–H and O–H groups in total. The van der Waals surface area contributed by atoms with Crippen LogP contribution in [-0.4, -0.2) is 62.1 Å². The molecule has 2 unspecified atom stereocenters. The Morgan fingerprint density at radius 2 is 1.91 bits per heavy atom. The van der Waals surface area contributed by atoms with Gasteiger partial charge in [-0.3, -0.25) is 4.99 Å². The van der Waals surface area contributed by atoms with Gasteiger partial charge in [-0.2, -0.15) is 0 Å². The number of hydrogen-bond acceptors (Lipinski definition) is 2. The quantitative estimate of drug-likeness (QED) is 0.420. The smallest absolute Gasteiger partial charge is 0.193 e. The van der Waals surface area contributed by atoms with Gasteiger partial charge in [0.25, 0.3) is 0 Å². The van der Waals surface area contributed by atoms with Crippen molar-refractivity contribution in [2.75, 3.05) is 46.3 Å². The zero-order valence-corrected chi connectivity index (χ0v) is 17.2. The molecule has 2 rings (SSSR count). The Hall–Kier alpha value is -0.0400. The Morgan fingerprint density at radius 1 is 1.18 bits per heavy atom. The zero-order valence-electron chi connectivity index (χ0n) is 14.8. The molecule has 22 heavy (non-hydrogen) atoms. The van der Waals surface area contributed by atoms with Gasteiger partial charge in [0.15, 0.2) is 5.96 Å². The molecule has 0 amide bonds. The Morgan fingerprint density at radius 3 is 2.50 bits per heavy atom. The van der Waals surface area contributed by atoms with Crippen LogP contribution in [0, 0.1) is 17.8 Å². The fourth-order valence-corrected chi connectivity index (χ4v) is 3.82. The molecule has 2 atom stereocenters. The van der Waals surface area contributed by atoms with Gasteiger partial charge in [-0.1, -0.05) is 20.8 Å². The summed E-state index contributed by atoms with van der Waals surface area (Å²) in [4.78, 5) is 9.50. The highest BCUT2D eigenvalue weighted by atomic mass is 127. The highest BCUT2D eigenvalue weighted by Crippen LogP contribution is 2.23. The van der Waals surface area contributed by atoms with Crippen molar-refractivity contribution in [2.45, 2.75) is 40.0 Å². The fraction of sp³-hybridized carbons (Fsp3) is 0.941. The molecule has 0 aromatic carbocycles. The van der Waals surface area contributed by atoms with E-state index < -0.39 is 0 Å². The van der Waals surface area contributed by atoms with Crippen LogP contribution in [0.25, 0.3) is 0 Å². The van der Waals surface area contributed by atoms with E-state index in [1.807, 2.05) is 7.05 Å². The molecule has 0 radical (unpaired) electrons. The first-order valence-corrected chi connectivity index (χ1v) is 8.80. The summed E-state index contributed by atoms with van der Waals surface area (Å²) in [6, 6.07) is 0. The summed E-state index contributed by atoms with van der Waals surface area (Å²) in [7, 11) is 1.92. The summed E-state index contributed by atoms with van der Waals surface area (Å²) in [5.74, 6) is 3.57. The number of likely N-dealkylation sites (tertiary alicyclic amines) is 2. The number of hydrogen-bond donors (Lipinski definition) is 1. The van der Waals surface area contributed by atoms with E-state index in [1.54, 1.807) is 0 Å². The van der Waals surface area contributed by atoms with Gasteiger partial charge in [-0.15, -0.1) is 24.0 Å². The molecule has 0 bridgehead atoms. The van der Waals surface area contributed by atoms with E-state index in [0.717, 1.165) is 30.3 Å². The van der Waals surface area contributed by atoms with Crippen LogP contribution < -0.4 is 5.32 Å². The van der Waals surface area contributed by atoms with Crippen molar-refractivity contribution in [1.82, 2.24) is 15.1 Å². The number of guanidine groups is 1. The summed E-state index contributed by atoms with van der Waals surface area (Å²) in [5.41, 5.74) is 0. The van der Waals surface area contributed by atoms with Crippen molar-refractivity contribution >= 4 is 29.9 Å². The van der Waals surface area contributed by atoms with Crippen molar-refractivity contribution in [2.24, 2.45) is 22.7 Å². The van der Waals surface area contributed by atoms with E-state index in [4.69, 9.17) is 0 Å². The van der Waals surface area contributed by atoms with Crippen LogP contribution in [0.4, 0.5) is 0 Å². The molecular weight excluding hydrogens is 387 g/mol. The first kappa shape index (κ1) is 20.0. The van der Waals surface area contributed by atoms with Crippen molar-refractivity contribution in [3.8, 4) is 0 Å². The number of halogens is 1. The number of rotatable bonds is 5. The van der Waals surface area contributed by atoms with Crippen molar-refractivity contribution in [3.63, 3.8) is 0 Å². The van der Waals surface area contributed by atoms with Crippen molar-refractivity contribution < 1.29 is 0 Å². The van der Waals surface area contributed by atoms with Crippen molar-refractivity contribution in [3.05, 3.63) is 0 Å². The molecule has 0 saturated carbocycles. The molecule has 2 aliphatic heterocycles. The van der Waals surface area contributed by atoms with E-state index in [-0.39, 0.29) is 24.0 Å². The minimum Gasteiger partial charge on any atom is -0.356 e. The van der Waals surface area contributed by atoms with Crippen LogP contribution in [0.2, 0.25) is 0 Å². The maximum Gasteiger partial charge on any atom is 0.193 e. The topological polar surface area (TPSA) is 30.9 Å². The van der Waals surface area contributed by atoms with Crippen LogP contribution >= 0.6 is 24.0 Å². The van der Waals surface area contributed by atoms with E-state index in [9.17, 15) is 0 Å². The summed E-state index contributed by atoms with van der Waals surface area (Å²) in [6.07, 6.45) is 4.00. The van der Waals surface area contributed by atoms with Crippen LogP contribution in [0.3, 0.4) is 0 Å². The molecule has 2 heterocycles. The maximum atomic E-state index is 4.50. The van der Waals surface area contributed by atoms with Crippen LogP contribution in [0.1, 0.15) is 40.0 Å². The lowest BCUT2D eigenvalue weighted by Gasteiger charge is -2.23. The molecule has 130 valence electrons. The second-order valence-corrected chi connectivity index (χ2v) is 7.21. The van der Waals surface area contributed by atoms with Gasteiger partial charge in [0.1, 0.15) is 0 Å². The average Bonchev–Trinajstić information content (AvgIpc) is 3.08. The first-order valence-electron chi connectivity index (χ1n) is 8.80. The van der Waals surface area contributed by atoms with Crippen LogP contribution in [0.5, 0.6) is 0 Å². The van der Waals surface area contributed by atoms with Crippen LogP contribution in [-0.2, 0) is 0 Å². The lowest BCUT2D eigenvalue weighted by atomic mass is 9.97. The molecule has 2 fully saturated rings. The van der Waals surface area contributed by atoms with E-state index in [1.165, 1.54) is 52.0 Å². The van der Waals surface area contributed by atoms with Gasteiger partial charge in [-0.05, 0) is 50.1 Å². The maximum absolute atomic E-state index is 4.50. The summed E-state index contributed by atoms with van der Waals surface area (Å²) in [5, 5.41) is 3.62. The highest BCUT2D eigenvalue weighted by Gasteiger charge is 2.26. The minimum absolute atomic E-state index is 0. The number of nitrogens with one attached hydrogen (secondary N) is 1. The normalized spacial score (nSPS) is 26.6. The largest absolute Gasteiger partial charge is 0.356 e. The molecule has 0 aromatic heterocycles. The molecule has 4 nitrogen and oxygen atoms in total. The van der Waals surface area contributed by atoms with Gasteiger partial charge in [0, 0.05) is 33.2 Å². The molecule has 0 aromatic rings. The fourth-order valence-electron chi connectivity index (χ4n) is 3.82. The second kappa shape index (κ2) is 9.96. The molecular formula is C17H35IN4. The molecule has 0 aliphatic carbocycles. The predicted molar refractivity (Wildman–Crippen MR) is 106 cm³/mol. The SMILES string of the molecule is CCN1CCC(CNC(=NC)N2CCC(CC(C)C)C2)C1.I. The van der Waals surface area contributed by atoms with Gasteiger partial charge in [0.05, 0.1) is 0 Å². The van der Waals surface area contributed by atoms with E-state index in [2.05, 4.69) is 40.9 Å². The van der Waals surface area contributed by atoms with E-state index >= 15 is 0 Å². The van der Waals surface area contributed by atoms with Gasteiger partial charge >= 0.3 is 0 Å². The number of aliphatic imine (C=N–C) groups is 1. The summed E-state index contributed by atoms with van der Waals surface area (Å²) >= 11 is 0. The van der Waals surface area contributed by atoms with Gasteiger partial charge in [0.2, 0.25) is 0 Å². The summed E-state index contributed by atoms with van der Waals surface area (Å²) in [6.45, 7) is 14.0. The van der Waals surface area contributed by atoms with Gasteiger partial charge in [-0.25, -0.2) is 0 Å². The molecule has 0 spiro atoms. The third kappa shape index (κ3) is 5.87. The standard InChI is InChI=1S/C17H34N4.HI/c1-5-20-8-6-16(12-20)11-19-17(18-4)21-9-7-15(13-21)10-14(2)3;/h14-16H,5-13H2,1-4H3,(H,18,19);1H.